The summed E-state index contributed by atoms with van der Waals surface area (Å²) in [6.45, 7) is 3.29. The molecule has 0 saturated carbocycles. The van der Waals surface area contributed by atoms with E-state index < -0.39 is 11.8 Å². The highest BCUT2D eigenvalue weighted by Gasteiger charge is 2.24. The van der Waals surface area contributed by atoms with E-state index in [1.807, 2.05) is 4.90 Å². The van der Waals surface area contributed by atoms with Gasteiger partial charge in [0.1, 0.15) is 5.82 Å². The van der Waals surface area contributed by atoms with Gasteiger partial charge in [0.25, 0.3) is 0 Å². The van der Waals surface area contributed by atoms with Crippen LogP contribution in [0, 0.1) is 5.82 Å². The van der Waals surface area contributed by atoms with Gasteiger partial charge < -0.3 is 20.1 Å². The predicted octanol–water partition coefficient (Wildman–Crippen LogP) is 2.20. The second-order valence-electron chi connectivity index (χ2n) is 5.06. The van der Waals surface area contributed by atoms with Crippen LogP contribution < -0.4 is 10.6 Å². The Morgan fingerprint density at radius 3 is 2.95 bits per heavy atom. The number of hydrogen-bond donors (Lipinski definition) is 1. The number of rotatable bonds is 4. The average molecular weight is 296 g/mol. The molecular formula is C15H21FN2O3. The molecule has 0 aliphatic carbocycles. The number of carbonyl (C=O) groups is 1. The smallest absolute Gasteiger partial charge is 0.340 e. The lowest BCUT2D eigenvalue weighted by molar-refractivity contribution is 0.0527. The fourth-order valence-electron chi connectivity index (χ4n) is 2.55. The van der Waals surface area contributed by atoms with Crippen molar-refractivity contribution in [2.45, 2.75) is 25.9 Å². The minimum Gasteiger partial charge on any atom is -0.462 e. The molecule has 1 aromatic carbocycles. The molecular weight excluding hydrogens is 275 g/mol. The van der Waals surface area contributed by atoms with Crippen molar-refractivity contribution in [3.63, 3.8) is 0 Å². The lowest BCUT2D eigenvalue weighted by Gasteiger charge is -2.34. The maximum atomic E-state index is 14.2. The molecule has 0 amide bonds. The van der Waals surface area contributed by atoms with E-state index in [1.54, 1.807) is 14.0 Å². The van der Waals surface area contributed by atoms with Gasteiger partial charge in [-0.05, 0) is 31.9 Å². The van der Waals surface area contributed by atoms with Gasteiger partial charge in [0.15, 0.2) is 0 Å². The number of piperidine rings is 1. The number of carbonyl (C=O) groups excluding carboxylic acids is 1. The molecule has 0 aromatic heterocycles. The summed E-state index contributed by atoms with van der Waals surface area (Å²) in [6.07, 6.45) is 1.94. The van der Waals surface area contributed by atoms with Crippen molar-refractivity contribution < 1.29 is 18.7 Å². The van der Waals surface area contributed by atoms with Gasteiger partial charge in [0.05, 0.1) is 24.0 Å². The summed E-state index contributed by atoms with van der Waals surface area (Å²) >= 11 is 0. The van der Waals surface area contributed by atoms with E-state index in [2.05, 4.69) is 0 Å². The maximum absolute atomic E-state index is 14.2. The number of ether oxygens (including phenoxy) is 2. The molecule has 21 heavy (non-hydrogen) atoms. The fourth-order valence-corrected chi connectivity index (χ4v) is 2.55. The molecule has 2 rings (SSSR count). The van der Waals surface area contributed by atoms with Gasteiger partial charge in [-0.25, -0.2) is 9.18 Å². The van der Waals surface area contributed by atoms with Crippen LogP contribution in [0.25, 0.3) is 0 Å². The molecule has 1 unspecified atom stereocenters. The van der Waals surface area contributed by atoms with Crippen LogP contribution in [-0.2, 0) is 9.47 Å². The van der Waals surface area contributed by atoms with Gasteiger partial charge in [0.2, 0.25) is 0 Å². The molecule has 0 spiro atoms. The topological polar surface area (TPSA) is 64.8 Å². The lowest BCUT2D eigenvalue weighted by Crippen LogP contribution is -2.39. The first kappa shape index (κ1) is 15.6. The number of nitrogen functional groups attached to an aromatic ring is 1. The number of anilines is 2. The van der Waals surface area contributed by atoms with Crippen molar-refractivity contribution in [3.8, 4) is 0 Å². The first-order valence-corrected chi connectivity index (χ1v) is 7.10. The molecule has 1 aromatic rings. The predicted molar refractivity (Wildman–Crippen MR) is 79.0 cm³/mol. The van der Waals surface area contributed by atoms with Crippen LogP contribution >= 0.6 is 0 Å². The number of nitrogens with two attached hydrogens (primary N) is 1. The van der Waals surface area contributed by atoms with Crippen LogP contribution in [0.3, 0.4) is 0 Å². The van der Waals surface area contributed by atoms with Crippen LogP contribution in [0.5, 0.6) is 0 Å². The maximum Gasteiger partial charge on any atom is 0.340 e. The van der Waals surface area contributed by atoms with Crippen molar-refractivity contribution in [2.24, 2.45) is 0 Å². The summed E-state index contributed by atoms with van der Waals surface area (Å²) in [7, 11) is 1.65. The normalized spacial score (nSPS) is 18.6. The Bertz CT molecular complexity index is 522. The van der Waals surface area contributed by atoms with E-state index in [0.29, 0.717) is 12.2 Å². The summed E-state index contributed by atoms with van der Waals surface area (Å²) in [5, 5.41) is 0. The van der Waals surface area contributed by atoms with Gasteiger partial charge in [-0.3, -0.25) is 0 Å². The SMILES string of the molecule is CCOC(=O)c1cc(N2CCCC(OC)C2)c(F)cc1N. The van der Waals surface area contributed by atoms with Crippen LogP contribution in [-0.4, -0.2) is 38.9 Å². The zero-order valence-corrected chi connectivity index (χ0v) is 12.4. The molecule has 1 aliphatic rings. The molecule has 0 bridgehead atoms. The highest BCUT2D eigenvalue weighted by molar-refractivity contribution is 5.96. The Kier molecular flexibility index (Phi) is 5.01. The fraction of sp³-hybridized carbons (Fsp3) is 0.533. The van der Waals surface area contributed by atoms with Gasteiger partial charge in [-0.2, -0.15) is 0 Å². The van der Waals surface area contributed by atoms with Crippen molar-refractivity contribution in [1.82, 2.24) is 0 Å². The van der Waals surface area contributed by atoms with Crippen molar-refractivity contribution in [3.05, 3.63) is 23.5 Å². The summed E-state index contributed by atoms with van der Waals surface area (Å²) in [5.41, 5.74) is 6.38. The summed E-state index contributed by atoms with van der Waals surface area (Å²) < 4.78 is 24.5. The Balaban J connectivity index is 2.30. The standard InChI is InChI=1S/C15H21FN2O3/c1-3-21-15(19)11-7-14(12(16)8-13(11)17)18-6-4-5-10(9-18)20-2/h7-8,10H,3-6,9,17H2,1-2H3. The number of esters is 1. The Morgan fingerprint density at radius 1 is 1.52 bits per heavy atom. The van der Waals surface area contributed by atoms with Gasteiger partial charge in [-0.1, -0.05) is 0 Å². The minimum atomic E-state index is -0.531. The number of nitrogens with zero attached hydrogens (tertiary/aromatic N) is 1. The number of hydrogen-bond acceptors (Lipinski definition) is 5. The second kappa shape index (κ2) is 6.76. The molecule has 1 fully saturated rings. The van der Waals surface area contributed by atoms with E-state index in [0.717, 1.165) is 19.4 Å². The van der Waals surface area contributed by atoms with Crippen LogP contribution in [0.2, 0.25) is 0 Å². The Morgan fingerprint density at radius 2 is 2.29 bits per heavy atom. The number of halogens is 1. The highest BCUT2D eigenvalue weighted by atomic mass is 19.1. The van der Waals surface area contributed by atoms with E-state index in [9.17, 15) is 9.18 Å². The zero-order chi connectivity index (χ0) is 15.4. The lowest BCUT2D eigenvalue weighted by atomic mass is 10.1. The third kappa shape index (κ3) is 3.44. The number of benzene rings is 1. The third-order valence-electron chi connectivity index (χ3n) is 3.67. The molecule has 116 valence electrons. The largest absolute Gasteiger partial charge is 0.462 e. The van der Waals surface area contributed by atoms with Crippen molar-refractivity contribution >= 4 is 17.3 Å². The molecule has 1 atom stereocenters. The van der Waals surface area contributed by atoms with E-state index >= 15 is 0 Å². The summed E-state index contributed by atoms with van der Waals surface area (Å²) in [6, 6.07) is 2.65. The van der Waals surface area contributed by atoms with Gasteiger partial charge in [-0.15, -0.1) is 0 Å². The van der Waals surface area contributed by atoms with Crippen LogP contribution in [0.15, 0.2) is 12.1 Å². The van der Waals surface area contributed by atoms with Gasteiger partial charge >= 0.3 is 5.97 Å². The molecule has 0 radical (unpaired) electrons. The monoisotopic (exact) mass is 296 g/mol. The highest BCUT2D eigenvalue weighted by Crippen LogP contribution is 2.28. The third-order valence-corrected chi connectivity index (χ3v) is 3.67. The Hall–Kier alpha value is -1.82. The van der Waals surface area contributed by atoms with Crippen LogP contribution in [0.4, 0.5) is 15.8 Å². The molecule has 2 N–H and O–H groups in total. The molecule has 1 saturated heterocycles. The molecule has 6 heteroatoms. The van der Waals surface area contributed by atoms with Crippen LogP contribution in [0.1, 0.15) is 30.1 Å². The van der Waals surface area contributed by atoms with E-state index in [4.69, 9.17) is 15.2 Å². The van der Waals surface area contributed by atoms with E-state index in [-0.39, 0.29) is 24.0 Å². The minimum absolute atomic E-state index is 0.0711. The molecule has 1 heterocycles. The first-order valence-electron chi connectivity index (χ1n) is 7.10. The summed E-state index contributed by atoms with van der Waals surface area (Å²) in [4.78, 5) is 13.7. The number of methoxy groups -OCH3 is 1. The second-order valence-corrected chi connectivity index (χ2v) is 5.06. The molecule has 1 aliphatic heterocycles. The first-order chi connectivity index (χ1) is 10.1. The van der Waals surface area contributed by atoms with E-state index in [1.165, 1.54) is 12.1 Å². The Labute approximate surface area is 123 Å². The quantitative estimate of drug-likeness (QED) is 0.681. The average Bonchev–Trinajstić information content (AvgIpc) is 2.47. The zero-order valence-electron chi connectivity index (χ0n) is 12.4. The van der Waals surface area contributed by atoms with Crippen molar-refractivity contribution in [2.75, 3.05) is 37.4 Å². The van der Waals surface area contributed by atoms with Gasteiger partial charge in [0, 0.05) is 25.9 Å². The molecule has 5 nitrogen and oxygen atoms in total. The summed E-state index contributed by atoms with van der Waals surface area (Å²) in [5.74, 6) is -0.964. The van der Waals surface area contributed by atoms with Crippen molar-refractivity contribution in [1.29, 1.82) is 0 Å².